The summed E-state index contributed by atoms with van der Waals surface area (Å²) < 4.78 is 17.7. The largest absolute Gasteiger partial charge is 0.497 e. The number of carbonyl (C=O) groups is 1. The van der Waals surface area contributed by atoms with Gasteiger partial charge in [0.15, 0.2) is 0 Å². The quantitative estimate of drug-likeness (QED) is 0.624. The summed E-state index contributed by atoms with van der Waals surface area (Å²) in [5, 5.41) is 8.12. The van der Waals surface area contributed by atoms with Gasteiger partial charge < -0.3 is 19.5 Å². The Hall–Kier alpha value is -3.52. The minimum absolute atomic E-state index is 0.362. The molecule has 0 unspecified atom stereocenters. The van der Waals surface area contributed by atoms with E-state index in [0.29, 0.717) is 39.3 Å². The molecular weight excluding hydrogens is 408 g/mol. The number of hydrogen-bond acceptors (Lipinski definition) is 7. The number of rotatable bonds is 5. The first-order chi connectivity index (χ1) is 14.6. The van der Waals surface area contributed by atoms with E-state index >= 15 is 0 Å². The SMILES string of the molecule is COC(=O)C1=C(c2ccc(Cl)cc2)Nc2ncnn2[C@H]1c1ccc(OC)cc1OC. The van der Waals surface area contributed by atoms with Gasteiger partial charge in [-0.1, -0.05) is 23.7 Å². The number of fused-ring (bicyclic) bond motifs is 1. The van der Waals surface area contributed by atoms with Gasteiger partial charge in [0.25, 0.3) is 0 Å². The molecule has 0 radical (unpaired) electrons. The summed E-state index contributed by atoms with van der Waals surface area (Å²) in [5.41, 5.74) is 2.38. The fourth-order valence-corrected chi connectivity index (χ4v) is 3.59. The van der Waals surface area contributed by atoms with Gasteiger partial charge in [0.2, 0.25) is 5.95 Å². The molecule has 0 amide bonds. The third-order valence-corrected chi connectivity index (χ3v) is 5.12. The predicted molar refractivity (Wildman–Crippen MR) is 112 cm³/mol. The van der Waals surface area contributed by atoms with Gasteiger partial charge in [0, 0.05) is 16.7 Å². The highest BCUT2D eigenvalue weighted by molar-refractivity contribution is 6.30. The van der Waals surface area contributed by atoms with Gasteiger partial charge in [0.05, 0.1) is 32.6 Å². The molecule has 0 fully saturated rings. The maximum Gasteiger partial charge on any atom is 0.338 e. The maximum absolute atomic E-state index is 13.0. The Morgan fingerprint density at radius 1 is 1.10 bits per heavy atom. The molecule has 0 spiro atoms. The van der Waals surface area contributed by atoms with Crippen molar-refractivity contribution >= 4 is 29.2 Å². The molecule has 2 heterocycles. The Bertz CT molecular complexity index is 1120. The number of carbonyl (C=O) groups excluding carboxylic acids is 1. The first-order valence-electron chi connectivity index (χ1n) is 9.04. The third kappa shape index (κ3) is 3.35. The van der Waals surface area contributed by atoms with Crippen LogP contribution in [0.1, 0.15) is 17.2 Å². The lowest BCUT2D eigenvalue weighted by Gasteiger charge is -2.30. The van der Waals surface area contributed by atoms with E-state index in [1.807, 2.05) is 18.2 Å². The normalized spacial score (nSPS) is 15.3. The van der Waals surface area contributed by atoms with Crippen LogP contribution in [0.2, 0.25) is 5.02 Å². The Morgan fingerprint density at radius 3 is 2.53 bits per heavy atom. The summed E-state index contributed by atoms with van der Waals surface area (Å²) in [7, 11) is 4.48. The van der Waals surface area contributed by atoms with E-state index in [-0.39, 0.29) is 0 Å². The summed E-state index contributed by atoms with van der Waals surface area (Å²) in [4.78, 5) is 17.3. The molecule has 9 heteroatoms. The zero-order valence-electron chi connectivity index (χ0n) is 16.5. The Kier molecular flexibility index (Phi) is 5.33. The van der Waals surface area contributed by atoms with E-state index in [1.165, 1.54) is 13.4 Å². The number of benzene rings is 2. The second kappa shape index (κ2) is 8.08. The van der Waals surface area contributed by atoms with Crippen LogP contribution in [0.3, 0.4) is 0 Å². The van der Waals surface area contributed by atoms with E-state index in [1.54, 1.807) is 43.2 Å². The second-order valence-electron chi connectivity index (χ2n) is 6.45. The van der Waals surface area contributed by atoms with Crippen molar-refractivity contribution in [3.05, 3.63) is 70.5 Å². The molecule has 8 nitrogen and oxygen atoms in total. The van der Waals surface area contributed by atoms with Crippen LogP contribution in [0, 0.1) is 0 Å². The first kappa shape index (κ1) is 19.8. The molecule has 30 heavy (non-hydrogen) atoms. The van der Waals surface area contributed by atoms with Crippen molar-refractivity contribution in [1.82, 2.24) is 14.8 Å². The summed E-state index contributed by atoms with van der Waals surface area (Å²) in [5.74, 6) is 1.15. The van der Waals surface area contributed by atoms with Crippen LogP contribution in [0.25, 0.3) is 5.70 Å². The van der Waals surface area contributed by atoms with Crippen LogP contribution in [-0.2, 0) is 9.53 Å². The molecule has 1 aromatic heterocycles. The van der Waals surface area contributed by atoms with Crippen molar-refractivity contribution in [3.63, 3.8) is 0 Å². The van der Waals surface area contributed by atoms with Crippen molar-refractivity contribution in [2.24, 2.45) is 0 Å². The third-order valence-electron chi connectivity index (χ3n) is 4.87. The maximum atomic E-state index is 13.0. The molecule has 1 atom stereocenters. The fraction of sp³-hybridized carbons (Fsp3) is 0.190. The number of halogens is 1. The van der Waals surface area contributed by atoms with Crippen LogP contribution in [0.15, 0.2) is 54.4 Å². The molecule has 1 aliphatic heterocycles. The van der Waals surface area contributed by atoms with Gasteiger partial charge in [-0.3, -0.25) is 0 Å². The van der Waals surface area contributed by atoms with Crippen molar-refractivity contribution in [2.75, 3.05) is 26.6 Å². The lowest BCUT2D eigenvalue weighted by atomic mass is 9.92. The van der Waals surface area contributed by atoms with Gasteiger partial charge in [-0.2, -0.15) is 10.1 Å². The molecule has 4 rings (SSSR count). The predicted octanol–water partition coefficient (Wildman–Crippen LogP) is 3.55. The average molecular weight is 427 g/mol. The lowest BCUT2D eigenvalue weighted by molar-refractivity contribution is -0.136. The van der Waals surface area contributed by atoms with Crippen molar-refractivity contribution in [1.29, 1.82) is 0 Å². The number of ether oxygens (including phenoxy) is 3. The number of esters is 1. The smallest absolute Gasteiger partial charge is 0.338 e. The lowest BCUT2D eigenvalue weighted by Crippen LogP contribution is -2.29. The van der Waals surface area contributed by atoms with Crippen LogP contribution in [0.5, 0.6) is 11.5 Å². The first-order valence-corrected chi connectivity index (χ1v) is 9.42. The zero-order chi connectivity index (χ0) is 21.3. The van der Waals surface area contributed by atoms with Crippen LogP contribution in [-0.4, -0.2) is 42.1 Å². The van der Waals surface area contributed by atoms with E-state index in [0.717, 1.165) is 5.56 Å². The molecule has 3 aromatic rings. The summed E-state index contributed by atoms with van der Waals surface area (Å²) in [6.07, 6.45) is 1.42. The summed E-state index contributed by atoms with van der Waals surface area (Å²) in [6.45, 7) is 0. The number of anilines is 1. The minimum atomic E-state index is -0.636. The summed E-state index contributed by atoms with van der Waals surface area (Å²) in [6, 6.07) is 11.9. The highest BCUT2D eigenvalue weighted by atomic mass is 35.5. The van der Waals surface area contributed by atoms with E-state index < -0.39 is 12.0 Å². The number of methoxy groups -OCH3 is 3. The molecule has 2 aromatic carbocycles. The average Bonchev–Trinajstić information content (AvgIpc) is 3.26. The highest BCUT2D eigenvalue weighted by Gasteiger charge is 2.37. The molecule has 1 N–H and O–H groups in total. The van der Waals surface area contributed by atoms with E-state index in [9.17, 15) is 4.79 Å². The van der Waals surface area contributed by atoms with Gasteiger partial charge in [0.1, 0.15) is 23.9 Å². The molecule has 154 valence electrons. The Morgan fingerprint density at radius 2 is 1.87 bits per heavy atom. The van der Waals surface area contributed by atoms with Crippen LogP contribution in [0.4, 0.5) is 5.95 Å². The topological polar surface area (TPSA) is 87.5 Å². The van der Waals surface area contributed by atoms with Gasteiger partial charge in [-0.15, -0.1) is 0 Å². The monoisotopic (exact) mass is 426 g/mol. The van der Waals surface area contributed by atoms with Crippen LogP contribution < -0.4 is 14.8 Å². The Labute approximate surface area is 178 Å². The number of hydrogen-bond donors (Lipinski definition) is 1. The minimum Gasteiger partial charge on any atom is -0.497 e. The number of aromatic nitrogens is 3. The van der Waals surface area contributed by atoms with Crippen molar-refractivity contribution in [2.45, 2.75) is 6.04 Å². The molecule has 0 saturated carbocycles. The molecule has 0 aliphatic carbocycles. The molecule has 0 saturated heterocycles. The van der Waals surface area contributed by atoms with Crippen molar-refractivity contribution < 1.29 is 19.0 Å². The standard InChI is InChI=1S/C21H19ClN4O4/c1-28-14-8-9-15(16(10-14)29-2)19-17(20(27)30-3)18(12-4-6-13(22)7-5-12)25-21-23-11-24-26(19)21/h4-11,19H,1-3H3,(H,23,24,25)/t19-/m0/s1. The molecule has 0 bridgehead atoms. The van der Waals surface area contributed by atoms with Crippen LogP contribution >= 0.6 is 11.6 Å². The van der Waals surface area contributed by atoms with E-state index in [2.05, 4.69) is 15.4 Å². The summed E-state index contributed by atoms with van der Waals surface area (Å²) >= 11 is 6.05. The molecule has 1 aliphatic rings. The number of nitrogens with zero attached hydrogens (tertiary/aromatic N) is 3. The Balaban J connectivity index is 1.99. The second-order valence-corrected chi connectivity index (χ2v) is 6.89. The number of nitrogens with one attached hydrogen (secondary N) is 1. The fourth-order valence-electron chi connectivity index (χ4n) is 3.47. The van der Waals surface area contributed by atoms with Gasteiger partial charge >= 0.3 is 5.97 Å². The zero-order valence-corrected chi connectivity index (χ0v) is 17.3. The van der Waals surface area contributed by atoms with Gasteiger partial charge in [-0.25, -0.2) is 9.48 Å². The highest BCUT2D eigenvalue weighted by Crippen LogP contribution is 2.42. The van der Waals surface area contributed by atoms with Gasteiger partial charge in [-0.05, 0) is 29.8 Å². The van der Waals surface area contributed by atoms with Crippen molar-refractivity contribution in [3.8, 4) is 11.5 Å². The molecular formula is C21H19ClN4O4. The van der Waals surface area contributed by atoms with E-state index in [4.69, 9.17) is 25.8 Å².